The molecule has 2 rings (SSSR count). The Kier molecular flexibility index (Phi) is 3.11. The van der Waals surface area contributed by atoms with Crippen LogP contribution in [0.25, 0.3) is 0 Å². The quantitative estimate of drug-likeness (QED) is 0.746. The van der Waals surface area contributed by atoms with Crippen molar-refractivity contribution in [2.24, 2.45) is 16.7 Å². The van der Waals surface area contributed by atoms with Gasteiger partial charge >= 0.3 is 0 Å². The smallest absolute Gasteiger partial charge is 0.0127 e. The van der Waals surface area contributed by atoms with Crippen LogP contribution < -0.4 is 5.32 Å². The van der Waals surface area contributed by atoms with E-state index in [0.29, 0.717) is 10.8 Å². The zero-order valence-electron chi connectivity index (χ0n) is 11.8. The Morgan fingerprint density at radius 3 is 1.88 bits per heavy atom. The van der Waals surface area contributed by atoms with Gasteiger partial charge in [-0.15, -0.1) is 0 Å². The molecule has 1 nitrogen and oxygen atoms in total. The molecule has 1 N–H and O–H groups in total. The van der Waals surface area contributed by atoms with Crippen LogP contribution in [0.1, 0.15) is 66.7 Å². The molecule has 1 heteroatoms. The average molecular weight is 223 g/mol. The lowest BCUT2D eigenvalue weighted by molar-refractivity contribution is 0.158. The number of hydrogen-bond acceptors (Lipinski definition) is 1. The summed E-state index contributed by atoms with van der Waals surface area (Å²) < 4.78 is 0. The van der Waals surface area contributed by atoms with Crippen LogP contribution in [0.15, 0.2) is 0 Å². The number of rotatable bonds is 2. The highest BCUT2D eigenvalue weighted by molar-refractivity contribution is 5.03. The molecule has 0 heterocycles. The van der Waals surface area contributed by atoms with Gasteiger partial charge in [-0.25, -0.2) is 0 Å². The van der Waals surface area contributed by atoms with Crippen LogP contribution in [-0.2, 0) is 0 Å². The standard InChI is InChI=1S/C15H29N/c1-14(2,3)11-6-8-12(9-7-11)16-13-10-15(13,4)5/h11-13,16H,6-10H2,1-5H3. The molecule has 0 aromatic heterocycles. The van der Waals surface area contributed by atoms with E-state index in [9.17, 15) is 0 Å². The van der Waals surface area contributed by atoms with Crippen LogP contribution in [0, 0.1) is 16.7 Å². The van der Waals surface area contributed by atoms with E-state index in [1.807, 2.05) is 0 Å². The minimum absolute atomic E-state index is 0.518. The molecular weight excluding hydrogens is 194 g/mol. The predicted octanol–water partition coefficient (Wildman–Crippen LogP) is 3.98. The SMILES string of the molecule is CC(C)(C)C1CCC(NC2CC2(C)C)CC1. The Hall–Kier alpha value is -0.0400. The zero-order chi connectivity index (χ0) is 12.0. The maximum absolute atomic E-state index is 3.86. The maximum Gasteiger partial charge on any atom is 0.0127 e. The second kappa shape index (κ2) is 4.01. The second-order valence-corrected chi connectivity index (χ2v) is 7.83. The van der Waals surface area contributed by atoms with Gasteiger partial charge in [0.25, 0.3) is 0 Å². The fourth-order valence-corrected chi connectivity index (χ4v) is 3.16. The summed E-state index contributed by atoms with van der Waals surface area (Å²) in [5, 5.41) is 3.86. The molecule has 0 bridgehead atoms. The molecule has 0 saturated heterocycles. The lowest BCUT2D eigenvalue weighted by Crippen LogP contribution is -2.38. The molecule has 1 unspecified atom stereocenters. The molecule has 2 fully saturated rings. The first kappa shape index (κ1) is 12.4. The Morgan fingerprint density at radius 2 is 1.50 bits per heavy atom. The Morgan fingerprint density at radius 1 is 1.00 bits per heavy atom. The molecule has 1 atom stereocenters. The summed E-state index contributed by atoms with van der Waals surface area (Å²) in [6, 6.07) is 1.62. The van der Waals surface area contributed by atoms with Gasteiger partial charge < -0.3 is 5.32 Å². The second-order valence-electron chi connectivity index (χ2n) is 7.83. The van der Waals surface area contributed by atoms with Crippen molar-refractivity contribution in [3.05, 3.63) is 0 Å². The molecule has 16 heavy (non-hydrogen) atoms. The zero-order valence-corrected chi connectivity index (χ0v) is 11.8. The highest BCUT2D eigenvalue weighted by atomic mass is 15.0. The first-order chi connectivity index (χ1) is 7.29. The molecule has 0 radical (unpaired) electrons. The van der Waals surface area contributed by atoms with Gasteiger partial charge in [-0.05, 0) is 48.9 Å². The summed E-state index contributed by atoms with van der Waals surface area (Å²) in [5.74, 6) is 0.942. The number of nitrogens with one attached hydrogen (secondary N) is 1. The van der Waals surface area contributed by atoms with Gasteiger partial charge in [-0.2, -0.15) is 0 Å². The number of hydrogen-bond donors (Lipinski definition) is 1. The third kappa shape index (κ3) is 2.80. The summed E-state index contributed by atoms with van der Waals surface area (Å²) >= 11 is 0. The Balaban J connectivity index is 1.74. The molecule has 2 saturated carbocycles. The minimum atomic E-state index is 0.518. The third-order valence-corrected chi connectivity index (χ3v) is 4.90. The highest BCUT2D eigenvalue weighted by Gasteiger charge is 2.46. The summed E-state index contributed by atoms with van der Waals surface area (Å²) in [7, 11) is 0. The van der Waals surface area contributed by atoms with Crippen molar-refractivity contribution in [3.8, 4) is 0 Å². The van der Waals surface area contributed by atoms with Crippen molar-refractivity contribution < 1.29 is 0 Å². The molecule has 0 aromatic rings. The van der Waals surface area contributed by atoms with Gasteiger partial charge in [0.05, 0.1) is 0 Å². The van der Waals surface area contributed by atoms with Gasteiger partial charge in [0.2, 0.25) is 0 Å². The van der Waals surface area contributed by atoms with Crippen molar-refractivity contribution in [3.63, 3.8) is 0 Å². The van der Waals surface area contributed by atoms with Crippen LogP contribution in [0.4, 0.5) is 0 Å². The summed E-state index contributed by atoms with van der Waals surface area (Å²) in [4.78, 5) is 0. The van der Waals surface area contributed by atoms with E-state index in [2.05, 4.69) is 39.9 Å². The Labute approximate surface area is 101 Å². The topological polar surface area (TPSA) is 12.0 Å². The van der Waals surface area contributed by atoms with Crippen molar-refractivity contribution in [1.82, 2.24) is 5.32 Å². The van der Waals surface area contributed by atoms with Crippen molar-refractivity contribution in [1.29, 1.82) is 0 Å². The van der Waals surface area contributed by atoms with E-state index in [1.165, 1.54) is 32.1 Å². The Bertz CT molecular complexity index is 241. The summed E-state index contributed by atoms with van der Waals surface area (Å²) in [6.07, 6.45) is 7.03. The fraction of sp³-hybridized carbons (Fsp3) is 1.00. The van der Waals surface area contributed by atoms with E-state index in [4.69, 9.17) is 0 Å². The monoisotopic (exact) mass is 223 g/mol. The average Bonchev–Trinajstić information content (AvgIpc) is 2.73. The molecular formula is C15H29N. The lowest BCUT2D eigenvalue weighted by Gasteiger charge is -2.37. The molecule has 2 aliphatic carbocycles. The van der Waals surface area contributed by atoms with E-state index < -0.39 is 0 Å². The third-order valence-electron chi connectivity index (χ3n) is 4.90. The van der Waals surface area contributed by atoms with Crippen LogP contribution >= 0.6 is 0 Å². The van der Waals surface area contributed by atoms with Crippen molar-refractivity contribution in [2.45, 2.75) is 78.8 Å². The van der Waals surface area contributed by atoms with E-state index in [1.54, 1.807) is 0 Å². The first-order valence-corrected chi connectivity index (χ1v) is 7.05. The fourth-order valence-electron chi connectivity index (χ4n) is 3.16. The molecule has 0 spiro atoms. The predicted molar refractivity (Wildman–Crippen MR) is 70.5 cm³/mol. The van der Waals surface area contributed by atoms with Crippen LogP contribution in [0.3, 0.4) is 0 Å². The van der Waals surface area contributed by atoms with E-state index in [0.717, 1.165) is 18.0 Å². The molecule has 2 aliphatic rings. The molecule has 94 valence electrons. The van der Waals surface area contributed by atoms with E-state index >= 15 is 0 Å². The van der Waals surface area contributed by atoms with Gasteiger partial charge in [0.1, 0.15) is 0 Å². The molecule has 0 aliphatic heterocycles. The van der Waals surface area contributed by atoms with Gasteiger partial charge in [-0.1, -0.05) is 34.6 Å². The van der Waals surface area contributed by atoms with Gasteiger partial charge in [-0.3, -0.25) is 0 Å². The highest BCUT2D eigenvalue weighted by Crippen LogP contribution is 2.46. The van der Waals surface area contributed by atoms with Crippen LogP contribution in [0.2, 0.25) is 0 Å². The largest absolute Gasteiger partial charge is 0.311 e. The maximum atomic E-state index is 3.86. The molecule has 0 amide bonds. The van der Waals surface area contributed by atoms with Gasteiger partial charge in [0, 0.05) is 12.1 Å². The van der Waals surface area contributed by atoms with Gasteiger partial charge in [0.15, 0.2) is 0 Å². The summed E-state index contributed by atoms with van der Waals surface area (Å²) in [5.41, 5.74) is 1.10. The molecule has 0 aromatic carbocycles. The van der Waals surface area contributed by atoms with Crippen molar-refractivity contribution in [2.75, 3.05) is 0 Å². The summed E-state index contributed by atoms with van der Waals surface area (Å²) in [6.45, 7) is 12.0. The van der Waals surface area contributed by atoms with Crippen molar-refractivity contribution >= 4 is 0 Å². The first-order valence-electron chi connectivity index (χ1n) is 7.05. The van der Waals surface area contributed by atoms with E-state index in [-0.39, 0.29) is 0 Å². The normalized spacial score (nSPS) is 38.4. The van der Waals surface area contributed by atoms with Crippen LogP contribution in [-0.4, -0.2) is 12.1 Å². The lowest BCUT2D eigenvalue weighted by atomic mass is 9.71. The minimum Gasteiger partial charge on any atom is -0.311 e. The van der Waals surface area contributed by atoms with Crippen LogP contribution in [0.5, 0.6) is 0 Å².